The largest absolute Gasteiger partial charge is 0.486 e. The van der Waals surface area contributed by atoms with Gasteiger partial charge in [-0.15, -0.1) is 0 Å². The Labute approximate surface area is 233 Å². The van der Waals surface area contributed by atoms with E-state index in [0.29, 0.717) is 30.6 Å². The number of nitrogens with one attached hydrogen (secondary N) is 1. The van der Waals surface area contributed by atoms with E-state index in [-0.39, 0.29) is 5.91 Å². The van der Waals surface area contributed by atoms with Crippen LogP contribution in [-0.2, 0) is 6.61 Å². The molecule has 0 saturated carbocycles. The molecule has 214 valence electrons. The van der Waals surface area contributed by atoms with Gasteiger partial charge in [0.05, 0.1) is 0 Å². The van der Waals surface area contributed by atoms with Crippen molar-refractivity contribution in [1.29, 1.82) is 0 Å². The van der Waals surface area contributed by atoms with E-state index < -0.39 is 0 Å². The third-order valence-corrected chi connectivity index (χ3v) is 7.64. The summed E-state index contributed by atoms with van der Waals surface area (Å²) in [6, 6.07) is 11.8. The number of benzene rings is 1. The molecule has 0 aliphatic carbocycles. The number of carbonyl (C=O) groups excluding carboxylic acids is 1. The number of furan rings is 1. The van der Waals surface area contributed by atoms with Crippen molar-refractivity contribution >= 4 is 5.91 Å². The van der Waals surface area contributed by atoms with Crippen LogP contribution < -0.4 is 10.1 Å². The molecule has 1 unspecified atom stereocenters. The van der Waals surface area contributed by atoms with Gasteiger partial charge in [-0.25, -0.2) is 0 Å². The standard InChI is InChI=1S/C34H55NO3/c1-4-6-7-8-9-10-11-12-13-14-15-16-17-18-19-20-27-35-34(36)33-26-25-32(38-33)28-37-31-23-21-30(22-24-31)29(3)5-2/h21-26,29H,4-20,27-28H2,1-3H3,(H,35,36). The first-order chi connectivity index (χ1) is 18.6. The van der Waals surface area contributed by atoms with Crippen LogP contribution in [0.4, 0.5) is 0 Å². The molecule has 38 heavy (non-hydrogen) atoms. The molecule has 0 aliphatic rings. The van der Waals surface area contributed by atoms with Crippen LogP contribution in [0.5, 0.6) is 5.75 Å². The van der Waals surface area contributed by atoms with E-state index in [1.54, 1.807) is 6.07 Å². The average molecular weight is 526 g/mol. The lowest BCUT2D eigenvalue weighted by Gasteiger charge is -2.10. The molecule has 1 heterocycles. The van der Waals surface area contributed by atoms with Gasteiger partial charge < -0.3 is 14.5 Å². The summed E-state index contributed by atoms with van der Waals surface area (Å²) >= 11 is 0. The summed E-state index contributed by atoms with van der Waals surface area (Å²) < 4.78 is 11.5. The highest BCUT2D eigenvalue weighted by Gasteiger charge is 2.11. The maximum atomic E-state index is 12.4. The highest BCUT2D eigenvalue weighted by Crippen LogP contribution is 2.22. The lowest BCUT2D eigenvalue weighted by Crippen LogP contribution is -2.23. The Hall–Kier alpha value is -2.23. The molecule has 0 fully saturated rings. The highest BCUT2D eigenvalue weighted by molar-refractivity contribution is 5.91. The number of amides is 1. The van der Waals surface area contributed by atoms with Crippen molar-refractivity contribution in [3.63, 3.8) is 0 Å². The molecule has 1 aromatic carbocycles. The molecule has 1 amide bonds. The van der Waals surface area contributed by atoms with Crippen molar-refractivity contribution in [2.75, 3.05) is 6.54 Å². The summed E-state index contributed by atoms with van der Waals surface area (Å²) in [6.07, 6.45) is 22.8. The number of carbonyl (C=O) groups is 1. The van der Waals surface area contributed by atoms with E-state index in [0.717, 1.165) is 18.6 Å². The summed E-state index contributed by atoms with van der Waals surface area (Å²) in [6.45, 7) is 7.72. The van der Waals surface area contributed by atoms with Crippen molar-refractivity contribution in [1.82, 2.24) is 5.32 Å². The van der Waals surface area contributed by atoms with E-state index in [4.69, 9.17) is 9.15 Å². The summed E-state index contributed by atoms with van der Waals surface area (Å²) in [5.41, 5.74) is 1.32. The molecule has 0 aliphatic heterocycles. The molecule has 2 aromatic rings. The fourth-order valence-electron chi connectivity index (χ4n) is 4.82. The molecule has 0 radical (unpaired) electrons. The minimum Gasteiger partial charge on any atom is -0.486 e. The van der Waals surface area contributed by atoms with Crippen LogP contribution >= 0.6 is 0 Å². The molecule has 4 heteroatoms. The van der Waals surface area contributed by atoms with E-state index in [1.165, 1.54) is 102 Å². The van der Waals surface area contributed by atoms with Crippen molar-refractivity contribution in [2.24, 2.45) is 0 Å². The first kappa shape index (κ1) is 32.0. The minimum absolute atomic E-state index is 0.143. The zero-order chi connectivity index (χ0) is 27.3. The number of ether oxygens (including phenoxy) is 1. The summed E-state index contributed by atoms with van der Waals surface area (Å²) in [4.78, 5) is 12.4. The van der Waals surface area contributed by atoms with Gasteiger partial charge in [-0.1, -0.05) is 129 Å². The van der Waals surface area contributed by atoms with Gasteiger partial charge in [-0.3, -0.25) is 4.79 Å². The molecule has 0 bridgehead atoms. The van der Waals surface area contributed by atoms with Gasteiger partial charge in [0, 0.05) is 6.54 Å². The predicted molar refractivity (Wildman–Crippen MR) is 160 cm³/mol. The fraction of sp³-hybridized carbons (Fsp3) is 0.676. The molecule has 4 nitrogen and oxygen atoms in total. The number of hydrogen-bond donors (Lipinski definition) is 1. The topological polar surface area (TPSA) is 51.5 Å². The zero-order valence-electron chi connectivity index (χ0n) is 24.7. The molecule has 0 saturated heterocycles. The maximum absolute atomic E-state index is 12.4. The summed E-state index contributed by atoms with van der Waals surface area (Å²) in [5, 5.41) is 2.98. The zero-order valence-corrected chi connectivity index (χ0v) is 24.7. The Morgan fingerprint density at radius 1 is 0.737 bits per heavy atom. The third-order valence-electron chi connectivity index (χ3n) is 7.64. The Morgan fingerprint density at radius 2 is 1.26 bits per heavy atom. The molecule has 1 atom stereocenters. The van der Waals surface area contributed by atoms with Gasteiger partial charge in [0.1, 0.15) is 18.1 Å². The molecular weight excluding hydrogens is 470 g/mol. The van der Waals surface area contributed by atoms with Crippen LogP contribution in [0.1, 0.15) is 158 Å². The van der Waals surface area contributed by atoms with Gasteiger partial charge in [-0.05, 0) is 48.6 Å². The summed E-state index contributed by atoms with van der Waals surface area (Å²) in [5.74, 6) is 2.23. The van der Waals surface area contributed by atoms with Crippen molar-refractivity contribution in [3.05, 3.63) is 53.5 Å². The van der Waals surface area contributed by atoms with Crippen molar-refractivity contribution in [2.45, 2.75) is 142 Å². The minimum atomic E-state index is -0.143. The second-order valence-electron chi connectivity index (χ2n) is 11.0. The van der Waals surface area contributed by atoms with Crippen molar-refractivity contribution < 1.29 is 13.9 Å². The maximum Gasteiger partial charge on any atom is 0.286 e. The molecular formula is C34H55NO3. The monoisotopic (exact) mass is 525 g/mol. The third kappa shape index (κ3) is 14.1. The Balaban J connectivity index is 1.43. The van der Waals surface area contributed by atoms with Crippen LogP contribution in [0, 0.1) is 0 Å². The van der Waals surface area contributed by atoms with Gasteiger partial charge in [0.15, 0.2) is 5.76 Å². The van der Waals surface area contributed by atoms with Crippen LogP contribution in [0.25, 0.3) is 0 Å². The van der Waals surface area contributed by atoms with E-state index in [9.17, 15) is 4.79 Å². The normalized spacial score (nSPS) is 12.0. The van der Waals surface area contributed by atoms with Crippen LogP contribution in [0.15, 0.2) is 40.8 Å². The second kappa shape index (κ2) is 20.7. The Morgan fingerprint density at radius 3 is 1.79 bits per heavy atom. The van der Waals surface area contributed by atoms with Crippen molar-refractivity contribution in [3.8, 4) is 5.75 Å². The van der Waals surface area contributed by atoms with E-state index >= 15 is 0 Å². The number of hydrogen-bond acceptors (Lipinski definition) is 3. The molecule has 1 N–H and O–H groups in total. The lowest BCUT2D eigenvalue weighted by molar-refractivity contribution is 0.0921. The molecule has 2 rings (SSSR count). The Bertz CT molecular complexity index is 842. The quantitative estimate of drug-likeness (QED) is 0.147. The SMILES string of the molecule is CCCCCCCCCCCCCCCCCCNC(=O)c1ccc(COc2ccc(C(C)CC)cc2)o1. The number of rotatable bonds is 23. The molecule has 1 aromatic heterocycles. The lowest BCUT2D eigenvalue weighted by atomic mass is 9.99. The molecule has 0 spiro atoms. The first-order valence-corrected chi connectivity index (χ1v) is 15.7. The fourth-order valence-corrected chi connectivity index (χ4v) is 4.82. The van der Waals surface area contributed by atoms with Crippen LogP contribution in [-0.4, -0.2) is 12.5 Å². The summed E-state index contributed by atoms with van der Waals surface area (Å²) in [7, 11) is 0. The van der Waals surface area contributed by atoms with Gasteiger partial charge >= 0.3 is 0 Å². The second-order valence-corrected chi connectivity index (χ2v) is 11.0. The van der Waals surface area contributed by atoms with E-state index in [2.05, 4.69) is 38.2 Å². The van der Waals surface area contributed by atoms with Gasteiger partial charge in [-0.2, -0.15) is 0 Å². The van der Waals surface area contributed by atoms with Crippen LogP contribution in [0.2, 0.25) is 0 Å². The Kier molecular flexibility index (Phi) is 17.4. The van der Waals surface area contributed by atoms with E-state index in [1.807, 2.05) is 18.2 Å². The van der Waals surface area contributed by atoms with Gasteiger partial charge in [0.25, 0.3) is 5.91 Å². The highest BCUT2D eigenvalue weighted by atomic mass is 16.5. The first-order valence-electron chi connectivity index (χ1n) is 15.7. The van der Waals surface area contributed by atoms with Gasteiger partial charge in [0.2, 0.25) is 0 Å². The number of unbranched alkanes of at least 4 members (excludes halogenated alkanes) is 15. The predicted octanol–water partition coefficient (Wildman–Crippen LogP) is 10.4. The average Bonchev–Trinajstić information content (AvgIpc) is 3.42. The van der Waals surface area contributed by atoms with Crippen LogP contribution in [0.3, 0.4) is 0 Å². The smallest absolute Gasteiger partial charge is 0.286 e.